The van der Waals surface area contributed by atoms with Crippen LogP contribution in [0.3, 0.4) is 0 Å². The Hall–Kier alpha value is -1.35. The van der Waals surface area contributed by atoms with Gasteiger partial charge in [-0.3, -0.25) is 0 Å². The molecule has 0 N–H and O–H groups in total. The average Bonchev–Trinajstić information content (AvgIpc) is 2.72. The van der Waals surface area contributed by atoms with Gasteiger partial charge in [0.25, 0.3) is 0 Å². The van der Waals surface area contributed by atoms with Crippen molar-refractivity contribution < 1.29 is 14.3 Å². The van der Waals surface area contributed by atoms with Crippen LogP contribution in [0.4, 0.5) is 9.59 Å². The van der Waals surface area contributed by atoms with E-state index in [1.807, 2.05) is 6.92 Å². The molecule has 9 heteroatoms. The number of rotatable bonds is 3. The smallest absolute Gasteiger partial charge is 0.437 e. The Bertz CT molecular complexity index is 521. The predicted octanol–water partition coefficient (Wildman–Crippen LogP) is 1.64. The summed E-state index contributed by atoms with van der Waals surface area (Å²) in [6.45, 7) is 3.91. The van der Waals surface area contributed by atoms with E-state index in [0.29, 0.717) is 4.34 Å². The summed E-state index contributed by atoms with van der Waals surface area (Å²) in [5.41, 5.74) is 0. The van der Waals surface area contributed by atoms with Gasteiger partial charge >= 0.3 is 12.1 Å². The van der Waals surface area contributed by atoms with E-state index >= 15 is 0 Å². The fraction of sp³-hybridized carbons (Fsp3) is 0.600. The molecule has 0 saturated carbocycles. The molecule has 1 aromatic heterocycles. The number of nitrogens with zero attached hydrogens (tertiary/aromatic N) is 4. The molecule has 0 fully saturated rings. The summed E-state index contributed by atoms with van der Waals surface area (Å²) in [6.07, 6.45) is -0.632. The minimum absolute atomic E-state index is 0.216. The zero-order chi connectivity index (χ0) is 14.4. The van der Waals surface area contributed by atoms with Crippen LogP contribution < -0.4 is 4.80 Å². The molecule has 1 rings (SSSR count). The SMILES string of the molecule is CCOC(=O)n1nc(SCC)sc1=NC(=O)N(C)C. The minimum atomic E-state index is -0.632. The lowest BCUT2D eigenvalue weighted by molar-refractivity contribution is 0.149. The first kappa shape index (κ1) is 15.7. The van der Waals surface area contributed by atoms with Crippen molar-refractivity contribution in [1.82, 2.24) is 14.7 Å². The highest BCUT2D eigenvalue weighted by Crippen LogP contribution is 2.16. The van der Waals surface area contributed by atoms with Crippen LogP contribution in [-0.2, 0) is 4.74 Å². The van der Waals surface area contributed by atoms with Crippen molar-refractivity contribution in [3.63, 3.8) is 0 Å². The summed E-state index contributed by atoms with van der Waals surface area (Å²) >= 11 is 2.66. The Balaban J connectivity index is 3.19. The van der Waals surface area contributed by atoms with Crippen LogP contribution in [0.15, 0.2) is 9.33 Å². The molecule has 0 aliphatic heterocycles. The van der Waals surface area contributed by atoms with Gasteiger partial charge in [0.1, 0.15) is 0 Å². The van der Waals surface area contributed by atoms with Gasteiger partial charge in [0.2, 0.25) is 4.80 Å². The molecule has 0 aliphatic rings. The van der Waals surface area contributed by atoms with Gasteiger partial charge in [0.05, 0.1) is 6.61 Å². The molecule has 0 radical (unpaired) electrons. The van der Waals surface area contributed by atoms with E-state index in [-0.39, 0.29) is 11.4 Å². The first-order valence-corrected chi connectivity index (χ1v) is 7.45. The number of ether oxygens (including phenoxy) is 1. The summed E-state index contributed by atoms with van der Waals surface area (Å²) < 4.78 is 6.56. The normalized spacial score (nSPS) is 11.5. The van der Waals surface area contributed by atoms with Gasteiger partial charge < -0.3 is 9.64 Å². The fourth-order valence-electron chi connectivity index (χ4n) is 1.00. The van der Waals surface area contributed by atoms with Crippen molar-refractivity contribution >= 4 is 35.2 Å². The van der Waals surface area contributed by atoms with Crippen LogP contribution in [0.2, 0.25) is 0 Å². The molecule has 7 nitrogen and oxygen atoms in total. The summed E-state index contributed by atoms with van der Waals surface area (Å²) in [4.78, 5) is 28.7. The Morgan fingerprint density at radius 1 is 1.47 bits per heavy atom. The number of carbonyl (C=O) groups excluding carboxylic acids is 2. The Labute approximate surface area is 119 Å². The largest absolute Gasteiger partial charge is 0.448 e. The van der Waals surface area contributed by atoms with E-state index in [1.54, 1.807) is 21.0 Å². The number of hydrogen-bond donors (Lipinski definition) is 0. The second-order valence-electron chi connectivity index (χ2n) is 3.48. The third kappa shape index (κ3) is 4.35. The van der Waals surface area contributed by atoms with Gasteiger partial charge in [-0.1, -0.05) is 30.0 Å². The van der Waals surface area contributed by atoms with Gasteiger partial charge in [-0.25, -0.2) is 9.59 Å². The maximum atomic E-state index is 11.7. The van der Waals surface area contributed by atoms with E-state index in [1.165, 1.54) is 28.0 Å². The van der Waals surface area contributed by atoms with Crippen molar-refractivity contribution in [2.75, 3.05) is 26.5 Å². The summed E-state index contributed by atoms with van der Waals surface area (Å²) in [6, 6.07) is -0.449. The summed E-state index contributed by atoms with van der Waals surface area (Å²) in [7, 11) is 3.17. The van der Waals surface area contributed by atoms with Gasteiger partial charge in [0.15, 0.2) is 4.34 Å². The fourth-order valence-corrected chi connectivity index (χ4v) is 2.81. The van der Waals surface area contributed by atoms with Crippen molar-refractivity contribution in [1.29, 1.82) is 0 Å². The molecule has 1 aromatic rings. The molecule has 1 heterocycles. The van der Waals surface area contributed by atoms with Crippen molar-refractivity contribution in [2.24, 2.45) is 4.99 Å². The van der Waals surface area contributed by atoms with Crippen LogP contribution in [0.5, 0.6) is 0 Å². The third-order valence-electron chi connectivity index (χ3n) is 1.82. The number of hydrogen-bond acceptors (Lipinski definition) is 6. The molecular weight excluding hydrogens is 288 g/mol. The first-order valence-electron chi connectivity index (χ1n) is 5.65. The molecule has 0 spiro atoms. The molecule has 0 saturated heterocycles. The van der Waals surface area contributed by atoms with E-state index in [2.05, 4.69) is 10.1 Å². The number of thioether (sulfide) groups is 1. The number of amides is 2. The zero-order valence-corrected chi connectivity index (χ0v) is 12.9. The highest BCUT2D eigenvalue weighted by Gasteiger charge is 2.14. The molecule has 0 aromatic carbocycles. The number of carbonyl (C=O) groups is 2. The molecule has 0 bridgehead atoms. The highest BCUT2D eigenvalue weighted by molar-refractivity contribution is 8.00. The highest BCUT2D eigenvalue weighted by atomic mass is 32.2. The molecule has 106 valence electrons. The third-order valence-corrected chi connectivity index (χ3v) is 3.75. The van der Waals surface area contributed by atoms with Crippen LogP contribution in [-0.4, -0.2) is 53.3 Å². The van der Waals surface area contributed by atoms with Gasteiger partial charge in [-0.15, -0.1) is 9.78 Å². The topological polar surface area (TPSA) is 76.8 Å². The van der Waals surface area contributed by atoms with Crippen LogP contribution in [0.25, 0.3) is 0 Å². The second kappa shape index (κ2) is 7.29. The monoisotopic (exact) mass is 304 g/mol. The molecule has 0 aliphatic carbocycles. The van der Waals surface area contributed by atoms with Crippen LogP contribution >= 0.6 is 23.1 Å². The summed E-state index contributed by atoms with van der Waals surface area (Å²) in [5.74, 6) is 0.817. The van der Waals surface area contributed by atoms with Crippen molar-refractivity contribution in [2.45, 2.75) is 18.2 Å². The molecule has 0 atom stereocenters. The van der Waals surface area contributed by atoms with E-state index in [9.17, 15) is 9.59 Å². The molecule has 19 heavy (non-hydrogen) atoms. The molecule has 2 amide bonds. The Kier molecular flexibility index (Phi) is 6.03. The average molecular weight is 304 g/mol. The lowest BCUT2D eigenvalue weighted by Crippen LogP contribution is -2.29. The number of aromatic nitrogens is 2. The zero-order valence-electron chi connectivity index (χ0n) is 11.2. The van der Waals surface area contributed by atoms with Crippen molar-refractivity contribution in [3.05, 3.63) is 4.80 Å². The Morgan fingerprint density at radius 3 is 2.68 bits per heavy atom. The van der Waals surface area contributed by atoms with Gasteiger partial charge in [-0.05, 0) is 12.7 Å². The van der Waals surface area contributed by atoms with E-state index in [4.69, 9.17) is 4.74 Å². The Morgan fingerprint density at radius 2 is 2.16 bits per heavy atom. The van der Waals surface area contributed by atoms with Gasteiger partial charge in [0, 0.05) is 14.1 Å². The maximum absolute atomic E-state index is 11.7. The van der Waals surface area contributed by atoms with Gasteiger partial charge in [-0.2, -0.15) is 4.99 Å². The van der Waals surface area contributed by atoms with Crippen LogP contribution in [0, 0.1) is 0 Å². The lowest BCUT2D eigenvalue weighted by Gasteiger charge is -2.04. The number of urea groups is 1. The standard InChI is InChI=1S/C10H16N4O3S2/c1-5-17-10(16)14-8(11-7(15)13(3)4)19-9(12-14)18-6-2/h5-6H2,1-4H3. The predicted molar refractivity (Wildman–Crippen MR) is 73.6 cm³/mol. The first-order chi connectivity index (χ1) is 8.99. The van der Waals surface area contributed by atoms with E-state index in [0.717, 1.165) is 10.4 Å². The van der Waals surface area contributed by atoms with E-state index < -0.39 is 12.1 Å². The molecular formula is C10H16N4O3S2. The van der Waals surface area contributed by atoms with Crippen LogP contribution in [0.1, 0.15) is 13.8 Å². The quantitative estimate of drug-likeness (QED) is 0.793. The summed E-state index contributed by atoms with van der Waals surface area (Å²) in [5, 5.41) is 4.09. The maximum Gasteiger partial charge on any atom is 0.437 e. The molecule has 0 unspecified atom stereocenters. The lowest BCUT2D eigenvalue weighted by atomic mass is 10.8. The minimum Gasteiger partial charge on any atom is -0.448 e. The van der Waals surface area contributed by atoms with Crippen molar-refractivity contribution in [3.8, 4) is 0 Å². The second-order valence-corrected chi connectivity index (χ2v) is 5.95.